The maximum atomic E-state index is 12.8. The molecule has 0 aliphatic carbocycles. The summed E-state index contributed by atoms with van der Waals surface area (Å²) in [4.78, 5) is 15.1. The lowest BCUT2D eigenvalue weighted by atomic mass is 10.1. The summed E-state index contributed by atoms with van der Waals surface area (Å²) in [7, 11) is 0. The topological polar surface area (TPSA) is 38.8 Å². The summed E-state index contributed by atoms with van der Waals surface area (Å²) in [5, 5.41) is 0. The molecule has 0 saturated carbocycles. The van der Waals surface area contributed by atoms with E-state index >= 15 is 0 Å². The van der Waals surface area contributed by atoms with Gasteiger partial charge in [0, 0.05) is 11.6 Å². The average molecular weight is 400 g/mol. The van der Waals surface area contributed by atoms with Crippen molar-refractivity contribution in [3.8, 4) is 11.5 Å². The van der Waals surface area contributed by atoms with Gasteiger partial charge in [-0.05, 0) is 37.6 Å². The molecule has 140 valence electrons. The second-order valence-corrected chi connectivity index (χ2v) is 7.49. The molecular formula is C21H21NO3S2. The first-order valence-corrected chi connectivity index (χ1v) is 10.0. The van der Waals surface area contributed by atoms with Gasteiger partial charge in [0.15, 0.2) is 0 Å². The molecule has 0 spiro atoms. The van der Waals surface area contributed by atoms with Crippen molar-refractivity contribution in [1.29, 1.82) is 0 Å². The van der Waals surface area contributed by atoms with Crippen molar-refractivity contribution in [3.05, 3.63) is 64.6 Å². The van der Waals surface area contributed by atoms with Gasteiger partial charge in [-0.25, -0.2) is 0 Å². The number of hydrogen-bond acceptors (Lipinski definition) is 5. The van der Waals surface area contributed by atoms with Crippen molar-refractivity contribution in [1.82, 2.24) is 4.90 Å². The number of benzene rings is 2. The number of rotatable bonds is 7. The number of amides is 1. The van der Waals surface area contributed by atoms with Crippen LogP contribution in [0.5, 0.6) is 11.5 Å². The molecule has 27 heavy (non-hydrogen) atoms. The molecule has 1 fully saturated rings. The van der Waals surface area contributed by atoms with Crippen molar-refractivity contribution < 1.29 is 14.3 Å². The SMILES string of the molecule is CCOc1ccc(/C=C2\SC(=S)N(Cc3ccccc3)C2=O)c(OCC)c1. The number of nitrogens with zero attached hydrogens (tertiary/aromatic N) is 1. The standard InChI is InChI=1S/C21H21NO3S2/c1-3-24-17-11-10-16(18(13-17)25-4-2)12-19-20(23)22(21(26)27-19)14-15-8-6-5-7-9-15/h5-13H,3-4,14H2,1-2H3/b19-12-. The zero-order valence-electron chi connectivity index (χ0n) is 15.3. The summed E-state index contributed by atoms with van der Waals surface area (Å²) in [6, 6.07) is 15.5. The maximum Gasteiger partial charge on any atom is 0.266 e. The largest absolute Gasteiger partial charge is 0.494 e. The Hall–Kier alpha value is -2.31. The molecule has 1 aliphatic rings. The predicted octanol–water partition coefficient (Wildman–Crippen LogP) is 4.89. The Morgan fingerprint density at radius 1 is 1.07 bits per heavy atom. The Bertz CT molecular complexity index is 865. The summed E-state index contributed by atoms with van der Waals surface area (Å²) in [6.07, 6.45) is 1.84. The van der Waals surface area contributed by atoms with Crippen LogP contribution < -0.4 is 9.47 Å². The molecule has 1 saturated heterocycles. The first-order valence-electron chi connectivity index (χ1n) is 8.81. The Balaban J connectivity index is 1.84. The number of thioether (sulfide) groups is 1. The zero-order chi connectivity index (χ0) is 19.2. The number of ether oxygens (including phenoxy) is 2. The van der Waals surface area contributed by atoms with Crippen LogP contribution in [0.4, 0.5) is 0 Å². The molecule has 4 nitrogen and oxygen atoms in total. The van der Waals surface area contributed by atoms with Crippen LogP contribution in [0.25, 0.3) is 6.08 Å². The van der Waals surface area contributed by atoms with Gasteiger partial charge < -0.3 is 9.47 Å². The van der Waals surface area contributed by atoms with E-state index in [1.807, 2.05) is 68.5 Å². The Morgan fingerprint density at radius 2 is 1.81 bits per heavy atom. The van der Waals surface area contributed by atoms with E-state index in [0.29, 0.717) is 34.7 Å². The third-order valence-corrected chi connectivity index (χ3v) is 5.32. The van der Waals surface area contributed by atoms with Gasteiger partial charge >= 0.3 is 0 Å². The van der Waals surface area contributed by atoms with Crippen molar-refractivity contribution in [2.45, 2.75) is 20.4 Å². The van der Waals surface area contributed by atoms with Crippen LogP contribution in [-0.2, 0) is 11.3 Å². The summed E-state index contributed by atoms with van der Waals surface area (Å²) < 4.78 is 11.8. The summed E-state index contributed by atoms with van der Waals surface area (Å²) in [6.45, 7) is 5.46. The van der Waals surface area contributed by atoms with Gasteiger partial charge in [0.1, 0.15) is 15.8 Å². The number of thiocarbonyl (C=S) groups is 1. The maximum absolute atomic E-state index is 12.8. The van der Waals surface area contributed by atoms with Crippen LogP contribution in [-0.4, -0.2) is 28.3 Å². The van der Waals surface area contributed by atoms with Crippen molar-refractivity contribution in [2.24, 2.45) is 0 Å². The van der Waals surface area contributed by atoms with Crippen LogP contribution in [0.15, 0.2) is 53.4 Å². The first-order chi connectivity index (χ1) is 13.1. The summed E-state index contributed by atoms with van der Waals surface area (Å²) in [5.41, 5.74) is 1.88. The van der Waals surface area contributed by atoms with E-state index < -0.39 is 0 Å². The van der Waals surface area contributed by atoms with Gasteiger partial charge in [0.2, 0.25) is 0 Å². The third-order valence-electron chi connectivity index (χ3n) is 3.94. The normalized spacial score (nSPS) is 15.5. The smallest absolute Gasteiger partial charge is 0.266 e. The molecule has 0 radical (unpaired) electrons. The quantitative estimate of drug-likeness (QED) is 0.490. The van der Waals surface area contributed by atoms with Crippen LogP contribution in [0.3, 0.4) is 0 Å². The Labute approximate surface area is 169 Å². The number of carbonyl (C=O) groups is 1. The van der Waals surface area contributed by atoms with Crippen LogP contribution in [0.1, 0.15) is 25.0 Å². The van der Waals surface area contributed by atoms with E-state index in [0.717, 1.165) is 16.9 Å². The fourth-order valence-corrected chi connectivity index (χ4v) is 3.96. The third kappa shape index (κ3) is 4.70. The predicted molar refractivity (Wildman–Crippen MR) is 114 cm³/mol. The number of hydrogen-bond donors (Lipinski definition) is 0. The molecule has 1 amide bonds. The van der Waals surface area contributed by atoms with Crippen molar-refractivity contribution in [3.63, 3.8) is 0 Å². The molecule has 2 aromatic carbocycles. The van der Waals surface area contributed by atoms with Crippen LogP contribution in [0.2, 0.25) is 0 Å². The van der Waals surface area contributed by atoms with E-state index in [9.17, 15) is 4.79 Å². The lowest BCUT2D eigenvalue weighted by Gasteiger charge is -2.14. The van der Waals surface area contributed by atoms with E-state index in [1.54, 1.807) is 4.90 Å². The number of carbonyl (C=O) groups excluding carboxylic acids is 1. The monoisotopic (exact) mass is 399 g/mol. The fourth-order valence-electron chi connectivity index (χ4n) is 2.71. The van der Waals surface area contributed by atoms with Crippen LogP contribution >= 0.6 is 24.0 Å². The first kappa shape index (κ1) is 19.5. The van der Waals surface area contributed by atoms with E-state index in [-0.39, 0.29) is 5.91 Å². The molecule has 6 heteroatoms. The molecule has 1 heterocycles. The lowest BCUT2D eigenvalue weighted by Crippen LogP contribution is -2.27. The minimum atomic E-state index is -0.0785. The summed E-state index contributed by atoms with van der Waals surface area (Å²) >= 11 is 6.74. The van der Waals surface area contributed by atoms with E-state index in [4.69, 9.17) is 21.7 Å². The van der Waals surface area contributed by atoms with Gasteiger partial charge in [0.25, 0.3) is 5.91 Å². The van der Waals surface area contributed by atoms with Gasteiger partial charge in [-0.15, -0.1) is 0 Å². The van der Waals surface area contributed by atoms with Crippen molar-refractivity contribution in [2.75, 3.05) is 13.2 Å². The second kappa shape index (κ2) is 9.06. The van der Waals surface area contributed by atoms with Gasteiger partial charge in [-0.1, -0.05) is 54.3 Å². The van der Waals surface area contributed by atoms with Crippen molar-refractivity contribution >= 4 is 40.3 Å². The molecule has 1 aliphatic heterocycles. The van der Waals surface area contributed by atoms with E-state index in [2.05, 4.69) is 0 Å². The van der Waals surface area contributed by atoms with Gasteiger partial charge in [-0.2, -0.15) is 0 Å². The molecule has 0 bridgehead atoms. The molecule has 2 aromatic rings. The molecule has 0 aromatic heterocycles. The van der Waals surface area contributed by atoms with Crippen LogP contribution in [0, 0.1) is 0 Å². The Morgan fingerprint density at radius 3 is 2.52 bits per heavy atom. The minimum Gasteiger partial charge on any atom is -0.494 e. The fraction of sp³-hybridized carbons (Fsp3) is 0.238. The average Bonchev–Trinajstić information content (AvgIpc) is 2.93. The van der Waals surface area contributed by atoms with Gasteiger partial charge in [-0.3, -0.25) is 9.69 Å². The summed E-state index contributed by atoms with van der Waals surface area (Å²) in [5.74, 6) is 1.36. The highest BCUT2D eigenvalue weighted by Crippen LogP contribution is 2.36. The molecule has 0 atom stereocenters. The Kier molecular flexibility index (Phi) is 6.53. The highest BCUT2D eigenvalue weighted by atomic mass is 32.2. The zero-order valence-corrected chi connectivity index (χ0v) is 16.9. The second-order valence-electron chi connectivity index (χ2n) is 5.82. The minimum absolute atomic E-state index is 0.0785. The van der Waals surface area contributed by atoms with Gasteiger partial charge in [0.05, 0.1) is 24.7 Å². The molecule has 0 N–H and O–H groups in total. The van der Waals surface area contributed by atoms with E-state index in [1.165, 1.54) is 11.8 Å². The highest BCUT2D eigenvalue weighted by molar-refractivity contribution is 8.26. The molecular weight excluding hydrogens is 378 g/mol. The molecule has 3 rings (SSSR count). The molecule has 0 unspecified atom stereocenters. The lowest BCUT2D eigenvalue weighted by molar-refractivity contribution is -0.122. The highest BCUT2D eigenvalue weighted by Gasteiger charge is 2.32.